The van der Waals surface area contributed by atoms with Crippen LogP contribution in [-0.2, 0) is 17.6 Å². The Morgan fingerprint density at radius 2 is 1.77 bits per heavy atom. The van der Waals surface area contributed by atoms with Crippen molar-refractivity contribution in [3.63, 3.8) is 0 Å². The molecule has 214 valence electrons. The Bertz CT molecular complexity index is 1280. The molecule has 1 fully saturated rings. The number of hydrogen-bond acceptors (Lipinski definition) is 4. The van der Waals surface area contributed by atoms with Crippen molar-refractivity contribution in [1.29, 1.82) is 5.41 Å². The molecule has 0 unspecified atom stereocenters. The molecule has 1 heterocycles. The Balaban J connectivity index is 1.47. The summed E-state index contributed by atoms with van der Waals surface area (Å²) in [5.74, 6) is 0.156. The van der Waals surface area contributed by atoms with Crippen molar-refractivity contribution in [2.24, 2.45) is 5.73 Å². The number of halogens is 1. The third-order valence-corrected chi connectivity index (χ3v) is 8.29. The molecule has 0 spiro atoms. The number of guanidine groups is 1. The van der Waals surface area contributed by atoms with Gasteiger partial charge in [-0.1, -0.05) is 66.2 Å². The maximum atomic E-state index is 14.1. The Morgan fingerprint density at radius 1 is 1.07 bits per heavy atom. The van der Waals surface area contributed by atoms with Gasteiger partial charge in [0, 0.05) is 43.3 Å². The van der Waals surface area contributed by atoms with Crippen LogP contribution in [0.2, 0.25) is 5.02 Å². The lowest BCUT2D eigenvalue weighted by molar-refractivity contribution is -0.143. The fourth-order valence-corrected chi connectivity index (χ4v) is 5.81. The molecule has 0 aromatic heterocycles. The van der Waals surface area contributed by atoms with Crippen LogP contribution in [0.3, 0.4) is 0 Å². The van der Waals surface area contributed by atoms with Crippen LogP contribution >= 0.6 is 11.6 Å². The van der Waals surface area contributed by atoms with E-state index in [1.807, 2.05) is 43.3 Å². The standard InChI is InChI=1S/C32H43ClN6O/c1-23-21-39(31(40)30(37(2)3)20-24-11-14-28(33)15-12-24)29(9-6-17-36-32(34)35)22-38(23)18-16-25-10-13-26-7-4-5-8-27(26)19-25/h4-5,7-8,10-15,19,23,29-30H,6,9,16-18,20-22H2,1-3H3,(H4,34,35,36)/t23-,29+,30-/m1/s1. The van der Waals surface area contributed by atoms with Crippen molar-refractivity contribution in [2.75, 3.05) is 40.3 Å². The normalized spacial score (nSPS) is 18.7. The van der Waals surface area contributed by atoms with Gasteiger partial charge in [0.1, 0.15) is 0 Å². The molecular weight excluding hydrogens is 520 g/mol. The van der Waals surface area contributed by atoms with E-state index in [0.29, 0.717) is 24.5 Å². The third kappa shape index (κ3) is 7.96. The molecular formula is C32H43ClN6O. The van der Waals surface area contributed by atoms with E-state index < -0.39 is 0 Å². The molecule has 3 aromatic carbocycles. The highest BCUT2D eigenvalue weighted by molar-refractivity contribution is 6.30. The van der Waals surface area contributed by atoms with Gasteiger partial charge in [-0.15, -0.1) is 0 Å². The second-order valence-electron chi connectivity index (χ2n) is 11.2. The first kappa shape index (κ1) is 29.8. The van der Waals surface area contributed by atoms with Crippen LogP contribution in [0.5, 0.6) is 0 Å². The van der Waals surface area contributed by atoms with Gasteiger partial charge in [-0.25, -0.2) is 0 Å². The van der Waals surface area contributed by atoms with Crippen molar-refractivity contribution < 1.29 is 4.79 Å². The van der Waals surface area contributed by atoms with Gasteiger partial charge in [-0.2, -0.15) is 0 Å². The minimum absolute atomic E-state index is 0.0159. The lowest BCUT2D eigenvalue weighted by Crippen LogP contribution is -2.62. The minimum atomic E-state index is -0.254. The van der Waals surface area contributed by atoms with Gasteiger partial charge >= 0.3 is 0 Å². The third-order valence-electron chi connectivity index (χ3n) is 8.04. The molecule has 7 nitrogen and oxygen atoms in total. The number of carbonyl (C=O) groups excluding carboxylic acids is 1. The molecule has 4 N–H and O–H groups in total. The van der Waals surface area contributed by atoms with E-state index in [1.165, 1.54) is 16.3 Å². The Hall–Kier alpha value is -3.13. The molecule has 3 atom stereocenters. The summed E-state index contributed by atoms with van der Waals surface area (Å²) < 4.78 is 0. The van der Waals surface area contributed by atoms with E-state index in [-0.39, 0.29) is 30.0 Å². The summed E-state index contributed by atoms with van der Waals surface area (Å²) in [6.45, 7) is 5.35. The smallest absolute Gasteiger partial charge is 0.240 e. The Kier molecular flexibility index (Phi) is 10.4. The number of carbonyl (C=O) groups is 1. The molecule has 0 radical (unpaired) electrons. The maximum absolute atomic E-state index is 14.1. The van der Waals surface area contributed by atoms with E-state index in [1.54, 1.807) is 0 Å². The molecule has 1 saturated heterocycles. The molecule has 1 aliphatic heterocycles. The Morgan fingerprint density at radius 3 is 2.48 bits per heavy atom. The topological polar surface area (TPSA) is 88.7 Å². The second-order valence-corrected chi connectivity index (χ2v) is 11.6. The molecule has 40 heavy (non-hydrogen) atoms. The molecule has 0 saturated carbocycles. The van der Waals surface area contributed by atoms with Crippen LogP contribution < -0.4 is 11.1 Å². The fourth-order valence-electron chi connectivity index (χ4n) is 5.68. The van der Waals surface area contributed by atoms with Gasteiger partial charge in [-0.3, -0.25) is 20.0 Å². The lowest BCUT2D eigenvalue weighted by Gasteiger charge is -2.47. The van der Waals surface area contributed by atoms with Crippen LogP contribution in [0.1, 0.15) is 30.9 Å². The van der Waals surface area contributed by atoms with E-state index in [0.717, 1.165) is 37.9 Å². The quantitative estimate of drug-likeness (QED) is 0.183. The number of nitrogens with two attached hydrogens (primary N) is 1. The van der Waals surface area contributed by atoms with Crippen molar-refractivity contribution >= 4 is 34.2 Å². The molecule has 4 rings (SSSR count). The van der Waals surface area contributed by atoms with Crippen molar-refractivity contribution in [3.05, 3.63) is 82.9 Å². The first-order valence-electron chi connectivity index (χ1n) is 14.2. The van der Waals surface area contributed by atoms with E-state index in [2.05, 4.69) is 64.5 Å². The number of piperazine rings is 1. The zero-order valence-corrected chi connectivity index (χ0v) is 24.7. The second kappa shape index (κ2) is 14.0. The highest BCUT2D eigenvalue weighted by Crippen LogP contribution is 2.23. The SMILES string of the molecule is C[C@@H]1CN(C(=O)[C@@H](Cc2ccc(Cl)cc2)N(C)C)[C@@H](CCCNC(=N)N)CN1CCc1ccc2ccccc2c1. The fraction of sp³-hybridized carbons (Fsp3) is 0.438. The lowest BCUT2D eigenvalue weighted by atomic mass is 9.98. The van der Waals surface area contributed by atoms with E-state index in [9.17, 15) is 4.79 Å². The first-order valence-corrected chi connectivity index (χ1v) is 14.6. The summed E-state index contributed by atoms with van der Waals surface area (Å²) in [6, 6.07) is 23.1. The Labute approximate surface area is 243 Å². The first-order chi connectivity index (χ1) is 19.2. The number of amides is 1. The summed E-state index contributed by atoms with van der Waals surface area (Å²) in [6.07, 6.45) is 3.30. The largest absolute Gasteiger partial charge is 0.370 e. The zero-order valence-electron chi connectivity index (χ0n) is 23.9. The average molecular weight is 563 g/mol. The maximum Gasteiger partial charge on any atom is 0.240 e. The van der Waals surface area contributed by atoms with Crippen molar-refractivity contribution in [2.45, 2.75) is 50.7 Å². The number of nitrogens with zero attached hydrogens (tertiary/aromatic N) is 3. The van der Waals surface area contributed by atoms with Crippen molar-refractivity contribution in [3.8, 4) is 0 Å². The molecule has 3 aromatic rings. The monoisotopic (exact) mass is 562 g/mol. The summed E-state index contributed by atoms with van der Waals surface area (Å²) in [4.78, 5) is 20.8. The van der Waals surface area contributed by atoms with Gasteiger partial charge in [0.2, 0.25) is 5.91 Å². The van der Waals surface area contributed by atoms with Crippen molar-refractivity contribution in [1.82, 2.24) is 20.0 Å². The van der Waals surface area contributed by atoms with Gasteiger partial charge in [-0.05, 0) is 80.7 Å². The number of nitrogens with one attached hydrogen (secondary N) is 2. The summed E-state index contributed by atoms with van der Waals surface area (Å²) in [7, 11) is 3.96. The summed E-state index contributed by atoms with van der Waals surface area (Å²) in [5, 5.41) is 13.6. The summed E-state index contributed by atoms with van der Waals surface area (Å²) in [5.41, 5.74) is 7.93. The summed E-state index contributed by atoms with van der Waals surface area (Å²) >= 11 is 6.10. The van der Waals surface area contributed by atoms with E-state index in [4.69, 9.17) is 22.7 Å². The van der Waals surface area contributed by atoms with Crippen LogP contribution in [0.25, 0.3) is 10.8 Å². The van der Waals surface area contributed by atoms with Gasteiger partial charge in [0.25, 0.3) is 0 Å². The number of hydrogen-bond donors (Lipinski definition) is 3. The molecule has 1 amide bonds. The predicted octanol–water partition coefficient (Wildman–Crippen LogP) is 4.37. The van der Waals surface area contributed by atoms with E-state index >= 15 is 0 Å². The van der Waals surface area contributed by atoms with Crippen LogP contribution in [0.4, 0.5) is 0 Å². The van der Waals surface area contributed by atoms with Crippen LogP contribution in [0.15, 0.2) is 66.7 Å². The highest BCUT2D eigenvalue weighted by atomic mass is 35.5. The number of likely N-dealkylation sites (N-methyl/N-ethyl adjacent to an activating group) is 1. The molecule has 8 heteroatoms. The molecule has 0 bridgehead atoms. The zero-order chi connectivity index (χ0) is 28.6. The number of rotatable bonds is 11. The van der Waals surface area contributed by atoms with Gasteiger partial charge < -0.3 is 16.0 Å². The molecule has 0 aliphatic carbocycles. The van der Waals surface area contributed by atoms with Gasteiger partial charge in [0.15, 0.2) is 5.96 Å². The average Bonchev–Trinajstić information content (AvgIpc) is 2.94. The van der Waals surface area contributed by atoms with Gasteiger partial charge in [0.05, 0.1) is 6.04 Å². The highest BCUT2D eigenvalue weighted by Gasteiger charge is 2.37. The van der Waals surface area contributed by atoms with Crippen LogP contribution in [0, 0.1) is 5.41 Å². The van der Waals surface area contributed by atoms with Crippen LogP contribution in [-0.4, -0.2) is 85.0 Å². The minimum Gasteiger partial charge on any atom is -0.370 e. The predicted molar refractivity (Wildman–Crippen MR) is 166 cm³/mol. The number of benzene rings is 3. The molecule has 1 aliphatic rings. The number of fused-ring (bicyclic) bond motifs is 1.